The minimum absolute atomic E-state index is 0.148. The zero-order valence-electron chi connectivity index (χ0n) is 7.85. The molecule has 0 atom stereocenters. The third-order valence-electron chi connectivity index (χ3n) is 1.98. The van der Waals surface area contributed by atoms with E-state index in [9.17, 15) is 13.2 Å². The summed E-state index contributed by atoms with van der Waals surface area (Å²) < 4.78 is 36.9. The zero-order chi connectivity index (χ0) is 11.8. The summed E-state index contributed by atoms with van der Waals surface area (Å²) >= 11 is 5.73. The molecule has 1 N–H and O–H groups in total. The molecule has 1 aromatic heterocycles. The fourth-order valence-electron chi connectivity index (χ4n) is 1.25. The van der Waals surface area contributed by atoms with E-state index in [1.165, 1.54) is 0 Å². The van der Waals surface area contributed by atoms with Gasteiger partial charge >= 0.3 is 6.18 Å². The van der Waals surface area contributed by atoms with Crippen molar-refractivity contribution in [3.05, 3.63) is 41.2 Å². The maximum Gasteiger partial charge on any atom is 0.432 e. The average Bonchev–Trinajstić information content (AvgIpc) is 2.65. The summed E-state index contributed by atoms with van der Waals surface area (Å²) in [5, 5.41) is 0.447. The number of nitrogens with zero attached hydrogens (tertiary/aromatic N) is 1. The van der Waals surface area contributed by atoms with Crippen LogP contribution in [0.15, 0.2) is 30.5 Å². The lowest BCUT2D eigenvalue weighted by atomic mass is 10.2. The number of hydrogen-bond donors (Lipinski definition) is 1. The van der Waals surface area contributed by atoms with Crippen LogP contribution in [0.3, 0.4) is 0 Å². The Morgan fingerprint density at radius 2 is 2.00 bits per heavy atom. The summed E-state index contributed by atoms with van der Waals surface area (Å²) in [6.07, 6.45) is -3.65. The summed E-state index contributed by atoms with van der Waals surface area (Å²) in [6, 6.07) is 6.46. The van der Waals surface area contributed by atoms with Gasteiger partial charge in [-0.1, -0.05) is 23.7 Å². The predicted octanol–water partition coefficient (Wildman–Crippen LogP) is 3.75. The van der Waals surface area contributed by atoms with Gasteiger partial charge in [0.1, 0.15) is 11.5 Å². The first-order chi connectivity index (χ1) is 7.47. The molecular formula is C10H6ClF3N2. The number of nitrogens with one attached hydrogen (secondary N) is 1. The first kappa shape index (κ1) is 11.0. The highest BCUT2D eigenvalue weighted by molar-refractivity contribution is 6.30. The highest BCUT2D eigenvalue weighted by Gasteiger charge is 2.33. The molecule has 2 nitrogen and oxygen atoms in total. The molecule has 0 aliphatic rings. The van der Waals surface area contributed by atoms with Gasteiger partial charge in [0.2, 0.25) is 0 Å². The van der Waals surface area contributed by atoms with Crippen LogP contribution < -0.4 is 0 Å². The number of aromatic nitrogens is 2. The Labute approximate surface area is 94.1 Å². The van der Waals surface area contributed by atoms with Crippen molar-refractivity contribution in [1.82, 2.24) is 9.97 Å². The van der Waals surface area contributed by atoms with E-state index in [1.807, 2.05) is 0 Å². The molecular weight excluding hydrogens is 241 g/mol. The van der Waals surface area contributed by atoms with Gasteiger partial charge < -0.3 is 4.98 Å². The molecule has 0 bridgehead atoms. The number of aromatic amines is 1. The number of hydrogen-bond acceptors (Lipinski definition) is 1. The Morgan fingerprint density at radius 3 is 2.56 bits per heavy atom. The normalized spacial score (nSPS) is 11.8. The topological polar surface area (TPSA) is 28.7 Å². The van der Waals surface area contributed by atoms with Crippen LogP contribution in [-0.2, 0) is 6.18 Å². The van der Waals surface area contributed by atoms with Gasteiger partial charge in [-0.15, -0.1) is 0 Å². The number of alkyl halides is 3. The fraction of sp³-hybridized carbons (Fsp3) is 0.100. The van der Waals surface area contributed by atoms with Crippen LogP contribution in [0.2, 0.25) is 5.02 Å². The van der Waals surface area contributed by atoms with Crippen molar-refractivity contribution in [2.24, 2.45) is 0 Å². The van der Waals surface area contributed by atoms with E-state index in [0.717, 1.165) is 6.20 Å². The van der Waals surface area contributed by atoms with Crippen LogP contribution in [0.1, 0.15) is 5.69 Å². The first-order valence-corrected chi connectivity index (χ1v) is 4.73. The second-order valence-electron chi connectivity index (χ2n) is 3.15. The van der Waals surface area contributed by atoms with Crippen LogP contribution in [0, 0.1) is 0 Å². The molecule has 2 aromatic rings. The van der Waals surface area contributed by atoms with Crippen LogP contribution in [0.5, 0.6) is 0 Å². The standard InChI is InChI=1S/C10H6ClF3N2/c11-7-3-1-2-6(4-7)9-15-5-8(16-9)10(12,13)14/h1-5H,(H,15,16). The lowest BCUT2D eigenvalue weighted by Gasteiger charge is -2.01. The van der Waals surface area contributed by atoms with Gasteiger partial charge in [-0.2, -0.15) is 13.2 Å². The van der Waals surface area contributed by atoms with Crippen LogP contribution in [0.4, 0.5) is 13.2 Å². The van der Waals surface area contributed by atoms with Gasteiger partial charge in [0.15, 0.2) is 0 Å². The third kappa shape index (κ3) is 2.19. The highest BCUT2D eigenvalue weighted by atomic mass is 35.5. The smallest absolute Gasteiger partial charge is 0.334 e. The SMILES string of the molecule is FC(F)(F)c1cnc(-c2cccc(Cl)c2)[nH]1. The molecule has 0 amide bonds. The molecule has 1 aromatic carbocycles. The second-order valence-corrected chi connectivity index (χ2v) is 3.59. The Balaban J connectivity index is 2.39. The molecule has 0 spiro atoms. The van der Waals surface area contributed by atoms with Gasteiger partial charge in [-0.25, -0.2) is 4.98 Å². The Morgan fingerprint density at radius 1 is 1.25 bits per heavy atom. The maximum atomic E-state index is 12.3. The molecule has 0 radical (unpaired) electrons. The number of H-pyrrole nitrogens is 1. The summed E-state index contributed by atoms with van der Waals surface area (Å²) in [4.78, 5) is 5.86. The second kappa shape index (κ2) is 3.83. The Bertz CT molecular complexity index is 505. The minimum atomic E-state index is -4.41. The van der Waals surface area contributed by atoms with Crippen molar-refractivity contribution in [1.29, 1.82) is 0 Å². The summed E-state index contributed by atoms with van der Waals surface area (Å²) in [7, 11) is 0. The van der Waals surface area contributed by atoms with Crippen molar-refractivity contribution < 1.29 is 13.2 Å². The lowest BCUT2D eigenvalue weighted by Crippen LogP contribution is -2.04. The molecule has 2 rings (SSSR count). The Kier molecular flexibility index (Phi) is 2.63. The van der Waals surface area contributed by atoms with Crippen molar-refractivity contribution in [2.45, 2.75) is 6.18 Å². The summed E-state index contributed by atoms with van der Waals surface area (Å²) in [6.45, 7) is 0. The molecule has 1 heterocycles. The van der Waals surface area contributed by atoms with Gasteiger partial charge in [0.25, 0.3) is 0 Å². The molecule has 0 saturated carbocycles. The molecule has 0 aliphatic carbocycles. The number of benzene rings is 1. The van der Waals surface area contributed by atoms with E-state index in [1.54, 1.807) is 24.3 Å². The number of imidazole rings is 1. The number of halogens is 4. The predicted molar refractivity (Wildman–Crippen MR) is 54.0 cm³/mol. The summed E-state index contributed by atoms with van der Waals surface area (Å²) in [5.74, 6) is 0.148. The van der Waals surface area contributed by atoms with E-state index < -0.39 is 11.9 Å². The monoisotopic (exact) mass is 246 g/mol. The van der Waals surface area contributed by atoms with Gasteiger partial charge in [-0.3, -0.25) is 0 Å². The van der Waals surface area contributed by atoms with E-state index in [2.05, 4.69) is 9.97 Å². The van der Waals surface area contributed by atoms with Crippen molar-refractivity contribution >= 4 is 11.6 Å². The highest BCUT2D eigenvalue weighted by Crippen LogP contribution is 2.29. The quantitative estimate of drug-likeness (QED) is 0.816. The van der Waals surface area contributed by atoms with Gasteiger partial charge in [0, 0.05) is 10.6 Å². The maximum absolute atomic E-state index is 12.3. The molecule has 84 valence electrons. The first-order valence-electron chi connectivity index (χ1n) is 4.35. The van der Waals surface area contributed by atoms with Gasteiger partial charge in [0.05, 0.1) is 6.20 Å². The van der Waals surface area contributed by atoms with E-state index >= 15 is 0 Å². The molecule has 6 heteroatoms. The van der Waals surface area contributed by atoms with Crippen LogP contribution in [0.25, 0.3) is 11.4 Å². The zero-order valence-corrected chi connectivity index (χ0v) is 8.60. The molecule has 0 unspecified atom stereocenters. The number of rotatable bonds is 1. The lowest BCUT2D eigenvalue weighted by molar-refractivity contribution is -0.140. The average molecular weight is 247 g/mol. The minimum Gasteiger partial charge on any atom is -0.334 e. The molecule has 16 heavy (non-hydrogen) atoms. The van der Waals surface area contributed by atoms with Crippen molar-refractivity contribution in [3.63, 3.8) is 0 Å². The van der Waals surface area contributed by atoms with E-state index in [0.29, 0.717) is 10.6 Å². The third-order valence-corrected chi connectivity index (χ3v) is 2.21. The fourth-order valence-corrected chi connectivity index (χ4v) is 1.44. The van der Waals surface area contributed by atoms with Crippen molar-refractivity contribution in [2.75, 3.05) is 0 Å². The molecule has 0 saturated heterocycles. The van der Waals surface area contributed by atoms with Crippen molar-refractivity contribution in [3.8, 4) is 11.4 Å². The molecule has 0 fully saturated rings. The van der Waals surface area contributed by atoms with Crippen LogP contribution in [-0.4, -0.2) is 9.97 Å². The summed E-state index contributed by atoms with van der Waals surface area (Å²) in [5.41, 5.74) is -0.356. The van der Waals surface area contributed by atoms with Gasteiger partial charge in [-0.05, 0) is 12.1 Å². The molecule has 0 aliphatic heterocycles. The largest absolute Gasteiger partial charge is 0.432 e. The van der Waals surface area contributed by atoms with E-state index in [4.69, 9.17) is 11.6 Å². The van der Waals surface area contributed by atoms with Crippen LogP contribution >= 0.6 is 11.6 Å². The Hall–Kier alpha value is -1.49. The van der Waals surface area contributed by atoms with E-state index in [-0.39, 0.29) is 5.82 Å².